The summed E-state index contributed by atoms with van der Waals surface area (Å²) < 4.78 is 6.42. The van der Waals surface area contributed by atoms with Crippen LogP contribution in [0.1, 0.15) is 12.6 Å². The smallest absolute Gasteiger partial charge is 0.151 e. The number of nitrogens with two attached hydrogens (primary N) is 1. The summed E-state index contributed by atoms with van der Waals surface area (Å²) in [6, 6.07) is 3.87. The molecule has 1 atom stereocenters. The van der Waals surface area contributed by atoms with Crippen LogP contribution in [0, 0.1) is 6.92 Å². The molecule has 1 unspecified atom stereocenters. The number of carbonyl (C=O) groups is 1. The number of carbonyl (C=O) groups excluding carboxylic acids is 1. The van der Waals surface area contributed by atoms with Crippen LogP contribution in [0.15, 0.2) is 18.5 Å². The highest BCUT2D eigenvalue weighted by Crippen LogP contribution is 2.11. The van der Waals surface area contributed by atoms with E-state index in [2.05, 4.69) is 14.8 Å². The van der Waals surface area contributed by atoms with Crippen LogP contribution in [0.25, 0.3) is 5.52 Å². The Hall–Kier alpha value is -1.99. The zero-order chi connectivity index (χ0) is 14.8. The van der Waals surface area contributed by atoms with Gasteiger partial charge in [-0.1, -0.05) is 0 Å². The number of anilines is 1. The summed E-state index contributed by atoms with van der Waals surface area (Å²) in [6.07, 6.45) is 1.44. The number of aryl methyl sites for hydroxylation is 1. The molecular formula is C12H20N4O3. The molecule has 0 saturated heterocycles. The molecule has 2 rings (SSSR count). The maximum Gasteiger partial charge on any atom is 0.151 e. The lowest BCUT2D eigenvalue weighted by Gasteiger charge is -2.00. The molecule has 0 aliphatic rings. The second-order valence-electron chi connectivity index (χ2n) is 3.65. The molecule has 0 saturated carbocycles. The third-order valence-electron chi connectivity index (χ3n) is 2.33. The number of hydrogen-bond acceptors (Lipinski definition) is 6. The van der Waals surface area contributed by atoms with Crippen molar-refractivity contribution in [3.63, 3.8) is 0 Å². The summed E-state index contributed by atoms with van der Waals surface area (Å²) >= 11 is 0. The lowest BCUT2D eigenvalue weighted by Crippen LogP contribution is -2.08. The van der Waals surface area contributed by atoms with Gasteiger partial charge < -0.3 is 20.4 Å². The first-order valence-corrected chi connectivity index (χ1v) is 5.57. The van der Waals surface area contributed by atoms with Gasteiger partial charge in [0.05, 0.1) is 12.7 Å². The van der Waals surface area contributed by atoms with Crippen molar-refractivity contribution < 1.29 is 14.6 Å². The van der Waals surface area contributed by atoms with E-state index < -0.39 is 0 Å². The van der Waals surface area contributed by atoms with Crippen LogP contribution in [0.2, 0.25) is 0 Å². The number of nitrogen functional groups attached to an aromatic ring is 1. The first-order chi connectivity index (χ1) is 9.10. The third kappa shape index (κ3) is 5.02. The fourth-order valence-electron chi connectivity index (χ4n) is 1.16. The van der Waals surface area contributed by atoms with Gasteiger partial charge in [0.2, 0.25) is 0 Å². The number of nitrogens with zero attached hydrogens (tertiary/aromatic N) is 3. The third-order valence-corrected chi connectivity index (χ3v) is 2.33. The van der Waals surface area contributed by atoms with E-state index in [1.807, 2.05) is 25.8 Å². The Morgan fingerprint density at radius 3 is 2.58 bits per heavy atom. The van der Waals surface area contributed by atoms with E-state index in [1.54, 1.807) is 18.5 Å². The Morgan fingerprint density at radius 2 is 2.16 bits per heavy atom. The van der Waals surface area contributed by atoms with Gasteiger partial charge in [0.1, 0.15) is 18.6 Å². The Balaban J connectivity index is 0.000000350. The number of ether oxygens (including phenoxy) is 1. The zero-order valence-corrected chi connectivity index (χ0v) is 11.4. The van der Waals surface area contributed by atoms with Gasteiger partial charge in [-0.05, 0) is 26.0 Å². The van der Waals surface area contributed by atoms with Crippen LogP contribution in [-0.4, -0.2) is 46.3 Å². The van der Waals surface area contributed by atoms with E-state index in [9.17, 15) is 0 Å². The van der Waals surface area contributed by atoms with E-state index in [-0.39, 0.29) is 12.7 Å². The normalized spacial score (nSPS) is 10.9. The van der Waals surface area contributed by atoms with Crippen molar-refractivity contribution in [3.05, 3.63) is 24.2 Å². The predicted octanol–water partition coefficient (Wildman–Crippen LogP) is 0.449. The number of aliphatic hydroxyl groups is 1. The van der Waals surface area contributed by atoms with Crippen LogP contribution in [0.3, 0.4) is 0 Å². The van der Waals surface area contributed by atoms with E-state index in [4.69, 9.17) is 15.6 Å². The quantitative estimate of drug-likeness (QED) is 0.819. The van der Waals surface area contributed by atoms with Crippen molar-refractivity contribution in [1.29, 1.82) is 0 Å². The summed E-state index contributed by atoms with van der Waals surface area (Å²) in [5.41, 5.74) is 7.53. The van der Waals surface area contributed by atoms with Crippen molar-refractivity contribution >= 4 is 18.1 Å². The minimum atomic E-state index is -0.00926. The molecule has 2 aromatic rings. The van der Waals surface area contributed by atoms with Crippen molar-refractivity contribution in [2.24, 2.45) is 0 Å². The highest BCUT2D eigenvalue weighted by molar-refractivity contribution is 5.65. The zero-order valence-electron chi connectivity index (χ0n) is 11.4. The summed E-state index contributed by atoms with van der Waals surface area (Å²) in [5.74, 6) is 0.521. The van der Waals surface area contributed by atoms with Gasteiger partial charge in [-0.2, -0.15) is 5.10 Å². The van der Waals surface area contributed by atoms with Gasteiger partial charge in [-0.15, -0.1) is 0 Å². The van der Waals surface area contributed by atoms with Gasteiger partial charge >= 0.3 is 0 Å². The molecule has 0 spiro atoms. The molecule has 7 heteroatoms. The molecule has 3 N–H and O–H groups in total. The molecule has 0 aliphatic heterocycles. The summed E-state index contributed by atoms with van der Waals surface area (Å²) in [6.45, 7) is 5.88. The SMILES string of the molecule is C=O.COC(C)CO.Cc1ccc2c(N)ncnn12. The number of rotatable bonds is 2. The maximum absolute atomic E-state index is 8.21. The van der Waals surface area contributed by atoms with Crippen LogP contribution in [0.4, 0.5) is 5.82 Å². The highest BCUT2D eigenvalue weighted by atomic mass is 16.5. The lowest BCUT2D eigenvalue weighted by molar-refractivity contribution is -0.0979. The average molecular weight is 268 g/mol. The number of aliphatic hydroxyl groups excluding tert-OH is 1. The highest BCUT2D eigenvalue weighted by Gasteiger charge is 2.00. The topological polar surface area (TPSA) is 103 Å². The maximum atomic E-state index is 8.21. The molecule has 19 heavy (non-hydrogen) atoms. The molecule has 2 heterocycles. The summed E-state index contributed by atoms with van der Waals surface area (Å²) in [7, 11) is 1.57. The molecule has 0 radical (unpaired) electrons. The number of fused-ring (bicyclic) bond motifs is 1. The van der Waals surface area contributed by atoms with Crippen LogP contribution >= 0.6 is 0 Å². The molecule has 106 valence electrons. The van der Waals surface area contributed by atoms with E-state index in [1.165, 1.54) is 6.33 Å². The monoisotopic (exact) mass is 268 g/mol. The summed E-state index contributed by atoms with van der Waals surface area (Å²) in [4.78, 5) is 11.9. The van der Waals surface area contributed by atoms with E-state index >= 15 is 0 Å². The second-order valence-corrected chi connectivity index (χ2v) is 3.65. The van der Waals surface area contributed by atoms with Crippen LogP contribution in [-0.2, 0) is 9.53 Å². The van der Waals surface area contributed by atoms with Crippen molar-refractivity contribution in [1.82, 2.24) is 14.6 Å². The van der Waals surface area contributed by atoms with Gasteiger partial charge in [0.15, 0.2) is 5.82 Å². The molecule has 0 amide bonds. The van der Waals surface area contributed by atoms with Gasteiger partial charge in [-0.3, -0.25) is 0 Å². The molecular weight excluding hydrogens is 248 g/mol. The summed E-state index contributed by atoms with van der Waals surface area (Å²) in [5, 5.41) is 12.2. The molecule has 0 aliphatic carbocycles. The first-order valence-electron chi connectivity index (χ1n) is 5.57. The predicted molar refractivity (Wildman–Crippen MR) is 72.8 cm³/mol. The Bertz CT molecular complexity index is 483. The molecule has 0 fully saturated rings. The lowest BCUT2D eigenvalue weighted by atomic mass is 10.4. The average Bonchev–Trinajstić information content (AvgIpc) is 2.84. The van der Waals surface area contributed by atoms with Crippen LogP contribution < -0.4 is 5.73 Å². The molecule has 7 nitrogen and oxygen atoms in total. The fourth-order valence-corrected chi connectivity index (χ4v) is 1.16. The fraction of sp³-hybridized carbons (Fsp3) is 0.417. The van der Waals surface area contributed by atoms with E-state index in [0.717, 1.165) is 11.2 Å². The van der Waals surface area contributed by atoms with Gasteiger partial charge in [0, 0.05) is 12.8 Å². The minimum Gasteiger partial charge on any atom is -0.394 e. The Labute approximate surface area is 112 Å². The molecule has 0 aromatic carbocycles. The van der Waals surface area contributed by atoms with E-state index in [0.29, 0.717) is 5.82 Å². The van der Waals surface area contributed by atoms with Gasteiger partial charge in [0.25, 0.3) is 0 Å². The Kier molecular flexibility index (Phi) is 8.07. The van der Waals surface area contributed by atoms with Crippen molar-refractivity contribution in [3.8, 4) is 0 Å². The number of hydrogen-bond donors (Lipinski definition) is 2. The van der Waals surface area contributed by atoms with Gasteiger partial charge in [-0.25, -0.2) is 9.50 Å². The minimum absolute atomic E-state index is 0.00926. The first kappa shape index (κ1) is 17.0. The Morgan fingerprint density at radius 1 is 1.53 bits per heavy atom. The molecule has 2 aromatic heterocycles. The largest absolute Gasteiger partial charge is 0.394 e. The van der Waals surface area contributed by atoms with Crippen LogP contribution in [0.5, 0.6) is 0 Å². The number of aromatic nitrogens is 3. The second kappa shape index (κ2) is 9.01. The molecule has 0 bridgehead atoms. The van der Waals surface area contributed by atoms with Crippen molar-refractivity contribution in [2.75, 3.05) is 19.5 Å². The van der Waals surface area contributed by atoms with Crippen molar-refractivity contribution in [2.45, 2.75) is 20.0 Å². The standard InChI is InChI=1S/C7H8N4.C4H10O2.CH2O/c1-5-2-3-6-7(8)9-4-10-11(5)6;1-4(3-5)6-2;1-2/h2-4H,1H3,(H2,8,9,10);4-5H,3H2,1-2H3;1H2. The number of methoxy groups -OCH3 is 1.